The van der Waals surface area contributed by atoms with E-state index >= 15 is 0 Å². The Hall–Kier alpha value is -3.91. The molecule has 0 aliphatic heterocycles. The van der Waals surface area contributed by atoms with Gasteiger partial charge in [-0.3, -0.25) is 19.0 Å². The lowest BCUT2D eigenvalue weighted by atomic mass is 10.1. The van der Waals surface area contributed by atoms with Crippen LogP contribution in [0.15, 0.2) is 76.7 Å². The number of rotatable bonds is 9. The maximum atomic E-state index is 13.4. The van der Waals surface area contributed by atoms with Crippen LogP contribution in [0.4, 0.5) is 5.69 Å². The molecule has 0 bridgehead atoms. The SMILES string of the molecule is CCCNC(=O)c1ccc(Cn2c(SCC(=O)Nc3ccc(C)cc3C)nc3ccccc3c2=O)cc1. The van der Waals surface area contributed by atoms with Gasteiger partial charge in [0.1, 0.15) is 0 Å². The van der Waals surface area contributed by atoms with Crippen molar-refractivity contribution in [1.82, 2.24) is 14.9 Å². The minimum absolute atomic E-state index is 0.106. The second-order valence-corrected chi connectivity index (χ2v) is 9.85. The Morgan fingerprint density at radius 2 is 1.76 bits per heavy atom. The minimum atomic E-state index is -0.173. The Morgan fingerprint density at radius 3 is 2.49 bits per heavy atom. The van der Waals surface area contributed by atoms with Crippen LogP contribution in [-0.4, -0.2) is 33.7 Å². The monoisotopic (exact) mass is 514 g/mol. The highest BCUT2D eigenvalue weighted by Gasteiger charge is 2.15. The molecule has 0 spiro atoms. The molecule has 0 saturated carbocycles. The first kappa shape index (κ1) is 26.2. The first-order valence-electron chi connectivity index (χ1n) is 12.2. The molecule has 0 fully saturated rings. The lowest BCUT2D eigenvalue weighted by Gasteiger charge is -2.14. The number of anilines is 1. The number of amides is 2. The number of aromatic nitrogens is 2. The third kappa shape index (κ3) is 6.46. The van der Waals surface area contributed by atoms with Crippen molar-refractivity contribution in [2.75, 3.05) is 17.6 Å². The molecule has 4 rings (SSSR count). The number of aryl methyl sites for hydroxylation is 2. The van der Waals surface area contributed by atoms with Gasteiger partial charge in [0.25, 0.3) is 11.5 Å². The van der Waals surface area contributed by atoms with Crippen molar-refractivity contribution in [1.29, 1.82) is 0 Å². The van der Waals surface area contributed by atoms with Crippen molar-refractivity contribution in [2.45, 2.75) is 38.9 Å². The van der Waals surface area contributed by atoms with E-state index in [1.165, 1.54) is 11.8 Å². The number of carbonyl (C=O) groups is 2. The summed E-state index contributed by atoms with van der Waals surface area (Å²) in [6.45, 7) is 6.86. The highest BCUT2D eigenvalue weighted by atomic mass is 32.2. The van der Waals surface area contributed by atoms with E-state index in [-0.39, 0.29) is 29.7 Å². The number of nitrogens with zero attached hydrogens (tertiary/aromatic N) is 2. The van der Waals surface area contributed by atoms with E-state index in [0.29, 0.717) is 28.2 Å². The molecule has 3 aromatic carbocycles. The Morgan fingerprint density at radius 1 is 1.00 bits per heavy atom. The zero-order chi connectivity index (χ0) is 26.4. The van der Waals surface area contributed by atoms with E-state index in [1.807, 2.05) is 63.2 Å². The molecule has 37 heavy (non-hydrogen) atoms. The van der Waals surface area contributed by atoms with Crippen molar-refractivity contribution in [3.8, 4) is 0 Å². The van der Waals surface area contributed by atoms with Crippen molar-refractivity contribution in [3.63, 3.8) is 0 Å². The van der Waals surface area contributed by atoms with E-state index in [4.69, 9.17) is 4.98 Å². The summed E-state index contributed by atoms with van der Waals surface area (Å²) in [6, 6.07) is 20.2. The molecule has 0 saturated heterocycles. The van der Waals surface area contributed by atoms with Gasteiger partial charge < -0.3 is 10.6 Å². The molecule has 0 aliphatic carbocycles. The Bertz CT molecular complexity index is 1500. The standard InChI is InChI=1S/C29H30N4O3S/c1-4-15-30-27(35)22-12-10-21(11-13-22)17-33-28(36)23-7-5-6-8-25(23)32-29(33)37-18-26(34)31-24-14-9-19(2)16-20(24)3/h5-14,16H,4,15,17-18H2,1-3H3,(H,30,35)(H,31,34). The van der Waals surface area contributed by atoms with Crippen LogP contribution >= 0.6 is 11.8 Å². The van der Waals surface area contributed by atoms with Crippen LogP contribution in [0, 0.1) is 13.8 Å². The van der Waals surface area contributed by atoms with Gasteiger partial charge >= 0.3 is 0 Å². The fourth-order valence-electron chi connectivity index (χ4n) is 3.95. The van der Waals surface area contributed by atoms with Crippen LogP contribution in [-0.2, 0) is 11.3 Å². The first-order valence-corrected chi connectivity index (χ1v) is 13.2. The Labute approximate surface area is 220 Å². The van der Waals surface area contributed by atoms with Gasteiger partial charge in [0.15, 0.2) is 5.16 Å². The van der Waals surface area contributed by atoms with Gasteiger partial charge in [0.2, 0.25) is 5.91 Å². The maximum Gasteiger partial charge on any atom is 0.262 e. The van der Waals surface area contributed by atoms with Gasteiger partial charge in [0.05, 0.1) is 23.2 Å². The number of hydrogen-bond donors (Lipinski definition) is 2. The molecule has 4 aromatic rings. The summed E-state index contributed by atoms with van der Waals surface area (Å²) < 4.78 is 1.59. The normalized spacial score (nSPS) is 10.9. The largest absolute Gasteiger partial charge is 0.352 e. The van der Waals surface area contributed by atoms with Crippen molar-refractivity contribution in [3.05, 3.63) is 99.3 Å². The molecule has 0 radical (unpaired) electrons. The van der Waals surface area contributed by atoms with Crippen molar-refractivity contribution < 1.29 is 9.59 Å². The van der Waals surface area contributed by atoms with E-state index in [1.54, 1.807) is 28.8 Å². The number of fused-ring (bicyclic) bond motifs is 1. The first-order chi connectivity index (χ1) is 17.9. The number of nitrogens with one attached hydrogen (secondary N) is 2. The van der Waals surface area contributed by atoms with E-state index in [0.717, 1.165) is 28.8 Å². The molecule has 2 N–H and O–H groups in total. The molecular formula is C29H30N4O3S. The molecule has 1 aromatic heterocycles. The van der Waals surface area contributed by atoms with E-state index < -0.39 is 0 Å². The molecule has 1 heterocycles. The van der Waals surface area contributed by atoms with Crippen LogP contribution in [0.3, 0.4) is 0 Å². The molecule has 8 heteroatoms. The summed E-state index contributed by atoms with van der Waals surface area (Å²) >= 11 is 1.22. The quantitative estimate of drug-likeness (QED) is 0.244. The third-order valence-electron chi connectivity index (χ3n) is 5.91. The second-order valence-electron chi connectivity index (χ2n) is 8.91. The molecule has 2 amide bonds. The molecule has 0 atom stereocenters. The number of hydrogen-bond acceptors (Lipinski definition) is 5. The second kappa shape index (κ2) is 11.9. The zero-order valence-corrected chi connectivity index (χ0v) is 22.0. The number of thioether (sulfide) groups is 1. The smallest absolute Gasteiger partial charge is 0.262 e. The molecule has 0 aliphatic rings. The van der Waals surface area contributed by atoms with Crippen LogP contribution < -0.4 is 16.2 Å². The minimum Gasteiger partial charge on any atom is -0.352 e. The van der Waals surface area contributed by atoms with Gasteiger partial charge in [-0.1, -0.05) is 60.6 Å². The average Bonchev–Trinajstić information content (AvgIpc) is 2.90. The van der Waals surface area contributed by atoms with Gasteiger partial charge in [-0.15, -0.1) is 0 Å². The van der Waals surface area contributed by atoms with Gasteiger partial charge in [-0.25, -0.2) is 4.98 Å². The summed E-state index contributed by atoms with van der Waals surface area (Å²) in [6.07, 6.45) is 0.866. The lowest BCUT2D eigenvalue weighted by molar-refractivity contribution is -0.113. The molecule has 0 unspecified atom stereocenters. The van der Waals surface area contributed by atoms with E-state index in [9.17, 15) is 14.4 Å². The predicted octanol–water partition coefficient (Wildman–Crippen LogP) is 4.93. The predicted molar refractivity (Wildman–Crippen MR) is 149 cm³/mol. The summed E-state index contributed by atoms with van der Waals surface area (Å²) in [5, 5.41) is 6.79. The molecule has 7 nitrogen and oxygen atoms in total. The number of carbonyl (C=O) groups excluding carboxylic acids is 2. The topological polar surface area (TPSA) is 93.1 Å². The zero-order valence-electron chi connectivity index (χ0n) is 21.2. The van der Waals surface area contributed by atoms with Crippen LogP contribution in [0.25, 0.3) is 10.9 Å². The molecular weight excluding hydrogens is 484 g/mol. The summed E-state index contributed by atoms with van der Waals surface area (Å²) in [7, 11) is 0. The highest BCUT2D eigenvalue weighted by molar-refractivity contribution is 7.99. The fraction of sp³-hybridized carbons (Fsp3) is 0.241. The van der Waals surface area contributed by atoms with Crippen LogP contribution in [0.2, 0.25) is 0 Å². The fourth-order valence-corrected chi connectivity index (χ4v) is 4.75. The third-order valence-corrected chi connectivity index (χ3v) is 6.88. The summed E-state index contributed by atoms with van der Waals surface area (Å²) in [5.74, 6) is -0.188. The van der Waals surface area contributed by atoms with Gasteiger partial charge in [0, 0.05) is 17.8 Å². The Kier molecular flexibility index (Phi) is 8.40. The summed E-state index contributed by atoms with van der Waals surface area (Å²) in [4.78, 5) is 43.1. The lowest BCUT2D eigenvalue weighted by Crippen LogP contribution is -2.25. The van der Waals surface area contributed by atoms with Gasteiger partial charge in [-0.2, -0.15) is 0 Å². The average molecular weight is 515 g/mol. The van der Waals surface area contributed by atoms with Gasteiger partial charge in [-0.05, 0) is 61.7 Å². The summed E-state index contributed by atoms with van der Waals surface area (Å²) in [5.41, 5.74) is 4.72. The maximum absolute atomic E-state index is 13.4. The van der Waals surface area contributed by atoms with Crippen molar-refractivity contribution in [2.24, 2.45) is 0 Å². The molecule has 190 valence electrons. The highest BCUT2D eigenvalue weighted by Crippen LogP contribution is 2.21. The van der Waals surface area contributed by atoms with Crippen molar-refractivity contribution >= 4 is 40.2 Å². The van der Waals surface area contributed by atoms with Crippen LogP contribution in [0.5, 0.6) is 0 Å². The Balaban J connectivity index is 1.56. The van der Waals surface area contributed by atoms with Crippen LogP contribution in [0.1, 0.15) is 40.4 Å². The number of benzene rings is 3. The number of para-hydroxylation sites is 1. The van der Waals surface area contributed by atoms with E-state index in [2.05, 4.69) is 10.6 Å².